The summed E-state index contributed by atoms with van der Waals surface area (Å²) in [6, 6.07) is 13.7. The third-order valence-electron chi connectivity index (χ3n) is 4.99. The maximum absolute atomic E-state index is 13.6. The second kappa shape index (κ2) is 10.2. The summed E-state index contributed by atoms with van der Waals surface area (Å²) < 4.78 is 34.1. The van der Waals surface area contributed by atoms with Gasteiger partial charge in [0, 0.05) is 11.1 Å². The van der Waals surface area contributed by atoms with Gasteiger partial charge in [-0.1, -0.05) is 32.0 Å². The molecule has 0 aliphatic carbocycles. The summed E-state index contributed by atoms with van der Waals surface area (Å²) in [4.78, 5) is 22.9. The Morgan fingerprint density at radius 2 is 1.82 bits per heavy atom. The third kappa shape index (κ3) is 5.60. The molecule has 33 heavy (non-hydrogen) atoms. The van der Waals surface area contributed by atoms with E-state index in [9.17, 15) is 18.5 Å². The zero-order chi connectivity index (χ0) is 24.2. The maximum atomic E-state index is 13.6. The molecule has 1 N–H and O–H groups in total. The molecule has 0 bridgehead atoms. The molecular formula is C25H25FNO5P. The van der Waals surface area contributed by atoms with Gasteiger partial charge in [0.15, 0.2) is 5.78 Å². The van der Waals surface area contributed by atoms with Crippen LogP contribution in [0.2, 0.25) is 0 Å². The molecule has 0 amide bonds. The molecule has 3 aromatic rings. The Morgan fingerprint density at radius 3 is 2.42 bits per heavy atom. The van der Waals surface area contributed by atoms with Crippen molar-refractivity contribution in [3.63, 3.8) is 0 Å². The van der Waals surface area contributed by atoms with Crippen molar-refractivity contribution in [3.05, 3.63) is 65.6 Å². The first-order valence-corrected chi connectivity index (χ1v) is 12.4. The number of Topliss-reactive ketones (excluding diaryl/α,β-unsaturated/α-hetero) is 1. The van der Waals surface area contributed by atoms with E-state index in [2.05, 4.69) is 11.6 Å². The normalized spacial score (nSPS) is 12.9. The second-order valence-corrected chi connectivity index (χ2v) is 9.99. The molecule has 1 aromatic heterocycles. The lowest BCUT2D eigenvalue weighted by Crippen LogP contribution is -2.12. The monoisotopic (exact) mass is 469 g/mol. The number of fused-ring (bicyclic) bond motifs is 1. The van der Waals surface area contributed by atoms with Gasteiger partial charge in [-0.15, -0.1) is 0 Å². The molecule has 3 rings (SSSR count). The highest BCUT2D eigenvalue weighted by Gasteiger charge is 2.26. The number of para-hydroxylation sites is 1. The SMILES string of the molecule is CCOP(=O)(C#Cc1c(C(C)C)c2ccccc2n1-c1ccc(F)cc1)CC(=O)CC(=O)O. The molecular weight excluding hydrogens is 444 g/mol. The summed E-state index contributed by atoms with van der Waals surface area (Å²) in [5.41, 5.74) is 5.68. The zero-order valence-electron chi connectivity index (χ0n) is 18.7. The number of carboxylic acid groups (broad SMARTS) is 1. The van der Waals surface area contributed by atoms with Crippen LogP contribution < -0.4 is 0 Å². The topological polar surface area (TPSA) is 85.6 Å². The van der Waals surface area contributed by atoms with Crippen molar-refractivity contribution < 1.29 is 28.2 Å². The Balaban J connectivity index is 2.23. The van der Waals surface area contributed by atoms with Gasteiger partial charge in [0.25, 0.3) is 7.37 Å². The van der Waals surface area contributed by atoms with Crippen LogP contribution in [0.1, 0.15) is 44.4 Å². The summed E-state index contributed by atoms with van der Waals surface area (Å²) >= 11 is 0. The number of carbonyl (C=O) groups excluding carboxylic acids is 1. The van der Waals surface area contributed by atoms with E-state index in [4.69, 9.17) is 9.63 Å². The number of ketones is 1. The smallest absolute Gasteiger partial charge is 0.310 e. The van der Waals surface area contributed by atoms with Crippen molar-refractivity contribution in [3.8, 4) is 17.3 Å². The Hall–Kier alpha value is -3.20. The molecule has 172 valence electrons. The van der Waals surface area contributed by atoms with Crippen LogP contribution in [0.3, 0.4) is 0 Å². The lowest BCUT2D eigenvalue weighted by molar-refractivity contribution is -0.139. The fourth-order valence-electron chi connectivity index (χ4n) is 3.75. The molecule has 0 aliphatic heterocycles. The van der Waals surface area contributed by atoms with Crippen LogP contribution in [0.15, 0.2) is 48.5 Å². The molecule has 1 atom stereocenters. The largest absolute Gasteiger partial charge is 0.481 e. The lowest BCUT2D eigenvalue weighted by Gasteiger charge is -2.12. The molecule has 0 fully saturated rings. The summed E-state index contributed by atoms with van der Waals surface area (Å²) in [5, 5.41) is 9.81. The molecule has 2 aromatic carbocycles. The van der Waals surface area contributed by atoms with E-state index in [0.29, 0.717) is 11.4 Å². The Labute approximate surface area is 191 Å². The van der Waals surface area contributed by atoms with Crippen molar-refractivity contribution >= 4 is 30.0 Å². The van der Waals surface area contributed by atoms with E-state index in [-0.39, 0.29) is 18.3 Å². The van der Waals surface area contributed by atoms with E-state index in [0.717, 1.165) is 16.5 Å². The van der Waals surface area contributed by atoms with Crippen LogP contribution in [0, 0.1) is 17.4 Å². The molecule has 0 spiro atoms. The highest BCUT2D eigenvalue weighted by molar-refractivity contribution is 7.65. The summed E-state index contributed by atoms with van der Waals surface area (Å²) in [6.07, 6.45) is -1.32. The summed E-state index contributed by atoms with van der Waals surface area (Å²) in [6.45, 7) is 5.72. The first-order chi connectivity index (χ1) is 15.6. The number of hydrogen-bond acceptors (Lipinski definition) is 4. The van der Waals surface area contributed by atoms with E-state index < -0.39 is 31.7 Å². The predicted molar refractivity (Wildman–Crippen MR) is 126 cm³/mol. The summed E-state index contributed by atoms with van der Waals surface area (Å²) in [7, 11) is -3.76. The molecule has 1 unspecified atom stereocenters. The molecule has 0 saturated heterocycles. The van der Waals surface area contributed by atoms with Gasteiger partial charge in [-0.05, 0) is 60.3 Å². The van der Waals surface area contributed by atoms with Gasteiger partial charge < -0.3 is 14.2 Å². The van der Waals surface area contributed by atoms with Crippen LogP contribution in [0.4, 0.5) is 4.39 Å². The quantitative estimate of drug-likeness (QED) is 0.265. The number of benzene rings is 2. The number of carboxylic acids is 1. The van der Waals surface area contributed by atoms with Gasteiger partial charge >= 0.3 is 5.97 Å². The first-order valence-electron chi connectivity index (χ1n) is 10.5. The first kappa shape index (κ1) is 24.4. The molecule has 0 radical (unpaired) electrons. The van der Waals surface area contributed by atoms with Crippen molar-refractivity contribution in [1.82, 2.24) is 4.57 Å². The zero-order valence-corrected chi connectivity index (χ0v) is 19.6. The number of aliphatic carboxylic acids is 1. The van der Waals surface area contributed by atoms with Crippen LogP contribution >= 0.6 is 7.37 Å². The average molecular weight is 469 g/mol. The molecule has 0 saturated carbocycles. The van der Waals surface area contributed by atoms with E-state index in [1.165, 1.54) is 12.1 Å². The van der Waals surface area contributed by atoms with E-state index in [1.807, 2.05) is 42.7 Å². The third-order valence-corrected chi connectivity index (χ3v) is 6.89. The van der Waals surface area contributed by atoms with Crippen molar-refractivity contribution in [2.45, 2.75) is 33.1 Å². The van der Waals surface area contributed by atoms with Gasteiger partial charge in [-0.2, -0.15) is 0 Å². The second-order valence-electron chi connectivity index (χ2n) is 7.84. The van der Waals surface area contributed by atoms with Gasteiger partial charge in [-0.25, -0.2) is 4.39 Å². The minimum absolute atomic E-state index is 0.0565. The number of carbonyl (C=O) groups is 2. The Bertz CT molecular complexity index is 1300. The highest BCUT2D eigenvalue weighted by atomic mass is 31.2. The molecule has 6 nitrogen and oxygen atoms in total. The minimum atomic E-state index is -3.76. The fourth-order valence-corrected chi connectivity index (χ4v) is 5.26. The number of rotatable bonds is 8. The fraction of sp³-hybridized carbons (Fsp3) is 0.280. The van der Waals surface area contributed by atoms with Gasteiger partial charge in [-0.3, -0.25) is 14.2 Å². The highest BCUT2D eigenvalue weighted by Crippen LogP contribution is 2.46. The van der Waals surface area contributed by atoms with Crippen molar-refractivity contribution in [2.75, 3.05) is 12.8 Å². The molecule has 1 heterocycles. The van der Waals surface area contributed by atoms with Crippen LogP contribution in [0.5, 0.6) is 0 Å². The number of hydrogen-bond donors (Lipinski definition) is 1. The van der Waals surface area contributed by atoms with E-state index in [1.54, 1.807) is 19.1 Å². The standard InChI is InChI=1S/C25H25FNO5P/c1-4-32-33(31,16-20(28)15-24(29)30)14-13-23-25(17(2)3)21-7-5-6-8-22(21)27(23)19-11-9-18(26)10-12-19/h5-12,17H,4,15-16H2,1-3H3,(H,29,30). The number of aromatic nitrogens is 1. The van der Waals surface area contributed by atoms with E-state index >= 15 is 0 Å². The number of halogens is 1. The van der Waals surface area contributed by atoms with Gasteiger partial charge in [0.1, 0.15) is 17.9 Å². The minimum Gasteiger partial charge on any atom is -0.481 e. The molecule has 0 aliphatic rings. The van der Waals surface area contributed by atoms with Gasteiger partial charge in [0.05, 0.1) is 18.3 Å². The lowest BCUT2D eigenvalue weighted by atomic mass is 9.99. The average Bonchev–Trinajstić information content (AvgIpc) is 3.07. The predicted octanol–water partition coefficient (Wildman–Crippen LogP) is 5.56. The van der Waals surface area contributed by atoms with Crippen molar-refractivity contribution in [1.29, 1.82) is 0 Å². The number of nitrogens with zero attached hydrogens (tertiary/aromatic N) is 1. The Morgan fingerprint density at radius 1 is 1.15 bits per heavy atom. The molecule has 8 heteroatoms. The van der Waals surface area contributed by atoms with Crippen molar-refractivity contribution in [2.24, 2.45) is 0 Å². The van der Waals surface area contributed by atoms with Crippen LogP contribution in [-0.2, 0) is 18.7 Å². The summed E-state index contributed by atoms with van der Waals surface area (Å²) in [5.74, 6) is 0.659. The van der Waals surface area contributed by atoms with Crippen LogP contribution in [0.25, 0.3) is 16.6 Å². The Kier molecular flexibility index (Phi) is 7.53. The van der Waals surface area contributed by atoms with Gasteiger partial charge in [0.2, 0.25) is 0 Å². The van der Waals surface area contributed by atoms with Crippen LogP contribution in [-0.4, -0.2) is 34.2 Å². The maximum Gasteiger partial charge on any atom is 0.310 e.